The number of aryl methyl sites for hydroxylation is 1. The van der Waals surface area contributed by atoms with Gasteiger partial charge in [-0.2, -0.15) is 0 Å². The highest BCUT2D eigenvalue weighted by atomic mass is 16.3. The highest BCUT2D eigenvalue weighted by Gasteiger charge is 2.73. The van der Waals surface area contributed by atoms with Crippen LogP contribution < -0.4 is 5.32 Å². The number of aliphatic hydroxyl groups excluding tert-OH is 2. The lowest BCUT2D eigenvalue weighted by molar-refractivity contribution is -0.231. The van der Waals surface area contributed by atoms with E-state index in [4.69, 9.17) is 0 Å². The van der Waals surface area contributed by atoms with Crippen molar-refractivity contribution in [1.29, 1.82) is 0 Å². The van der Waals surface area contributed by atoms with Gasteiger partial charge in [-0.1, -0.05) is 25.5 Å². The van der Waals surface area contributed by atoms with Crippen LogP contribution in [0.25, 0.3) is 0 Å². The molecule has 1 aromatic rings. The Labute approximate surface area is 284 Å². The minimum atomic E-state index is -0.582. The van der Waals surface area contributed by atoms with Crippen molar-refractivity contribution in [2.75, 3.05) is 25.5 Å². The summed E-state index contributed by atoms with van der Waals surface area (Å²) >= 11 is 0. The average Bonchev–Trinajstić information content (AvgIpc) is 3.62. The van der Waals surface area contributed by atoms with Gasteiger partial charge in [0, 0.05) is 31.9 Å². The van der Waals surface area contributed by atoms with Gasteiger partial charge in [0.25, 0.3) is 0 Å². The molecule has 2 spiro atoms. The summed E-state index contributed by atoms with van der Waals surface area (Å²) in [4.78, 5) is 2.74. The molecule has 1 aromatic carbocycles. The van der Waals surface area contributed by atoms with Gasteiger partial charge in [-0.05, 0) is 185 Å². The van der Waals surface area contributed by atoms with E-state index in [1.165, 1.54) is 88.4 Å². The molecule has 9 rings (SSSR count). The standard InChI is InChI=1S/C42H64N2O3/c1-26-8-13-37-39(2,47)32-11-12-33-30(31(32)24-44(37)23-26)19-36-41(33)15-5-16-42(36)25-40(38(46)20-34(42)35(45)22-41)17-14-28(21-40)10-9-27-6-4-7-29(18-27)43-3/h4,6-7,18,26,28,30-38,43,45-47H,5,8-17,19-25H2,1-3H3/t26-,28-,30-,31+,32-,33+,34-,35+,36-,37-,38-,39+,40+,41-,42-/m1/s1. The van der Waals surface area contributed by atoms with Crippen molar-refractivity contribution in [3.05, 3.63) is 29.8 Å². The SMILES string of the molecule is CNc1cccc(CC[C@@H]2CC[C@]3(C2)C[C@]24CCC[C@]5(C[C@H](O)[C@H]2C[C@H]3O)[C@H]4C[C@@H]2[C@@H]3CN4C[C@H](C)CC[C@@H]4[C@@](C)(O)[C@@H]3CC[C@@H]25)c1. The van der Waals surface area contributed by atoms with Gasteiger partial charge in [-0.3, -0.25) is 4.90 Å². The van der Waals surface area contributed by atoms with Crippen molar-refractivity contribution in [2.45, 2.75) is 140 Å². The molecule has 0 aromatic heterocycles. The highest BCUT2D eigenvalue weighted by molar-refractivity contribution is 5.45. The van der Waals surface area contributed by atoms with Gasteiger partial charge >= 0.3 is 0 Å². The molecule has 2 saturated heterocycles. The molecule has 5 heteroatoms. The molecule has 15 atom stereocenters. The number of benzene rings is 1. The van der Waals surface area contributed by atoms with Crippen molar-refractivity contribution < 1.29 is 15.3 Å². The molecular weight excluding hydrogens is 580 g/mol. The zero-order valence-electron chi connectivity index (χ0n) is 29.7. The second-order valence-electron chi connectivity index (χ2n) is 19.4. The molecule has 6 saturated carbocycles. The van der Waals surface area contributed by atoms with Crippen LogP contribution in [0.5, 0.6) is 0 Å². The number of piperidine rings is 2. The van der Waals surface area contributed by atoms with E-state index in [1.54, 1.807) is 0 Å². The minimum absolute atomic E-state index is 0.0378. The maximum absolute atomic E-state index is 12.3. The first-order valence-corrected chi connectivity index (χ1v) is 20.2. The topological polar surface area (TPSA) is 76.0 Å². The summed E-state index contributed by atoms with van der Waals surface area (Å²) in [5.41, 5.74) is 2.54. The summed E-state index contributed by atoms with van der Waals surface area (Å²) in [5.74, 6) is 4.81. The molecule has 260 valence electrons. The van der Waals surface area contributed by atoms with Crippen LogP contribution >= 0.6 is 0 Å². The number of hydrogen-bond acceptors (Lipinski definition) is 5. The molecule has 5 nitrogen and oxygen atoms in total. The number of hydrogen-bond donors (Lipinski definition) is 4. The molecule has 0 unspecified atom stereocenters. The number of nitrogens with one attached hydrogen (secondary N) is 1. The fraction of sp³-hybridized carbons (Fsp3) is 0.857. The summed E-state index contributed by atoms with van der Waals surface area (Å²) in [7, 11) is 2.00. The Morgan fingerprint density at radius 3 is 2.57 bits per heavy atom. The van der Waals surface area contributed by atoms with Crippen molar-refractivity contribution in [1.82, 2.24) is 4.90 Å². The van der Waals surface area contributed by atoms with Crippen LogP contribution in [0.2, 0.25) is 0 Å². The van der Waals surface area contributed by atoms with E-state index in [9.17, 15) is 15.3 Å². The molecule has 2 aliphatic heterocycles. The highest BCUT2D eigenvalue weighted by Crippen LogP contribution is 2.78. The van der Waals surface area contributed by atoms with Crippen molar-refractivity contribution in [3.63, 3.8) is 0 Å². The van der Waals surface area contributed by atoms with E-state index in [-0.39, 0.29) is 34.4 Å². The average molecular weight is 645 g/mol. The number of aliphatic hydroxyl groups is 3. The molecule has 8 fully saturated rings. The van der Waals surface area contributed by atoms with Crippen molar-refractivity contribution >= 4 is 5.69 Å². The van der Waals surface area contributed by atoms with Crippen LogP contribution in [-0.4, -0.2) is 64.2 Å². The van der Waals surface area contributed by atoms with Crippen LogP contribution in [0.3, 0.4) is 0 Å². The maximum Gasteiger partial charge on any atom is 0.0805 e. The van der Waals surface area contributed by atoms with Gasteiger partial charge in [-0.15, -0.1) is 0 Å². The van der Waals surface area contributed by atoms with Crippen LogP contribution in [0, 0.1) is 63.6 Å². The summed E-state index contributed by atoms with van der Waals surface area (Å²) in [6.45, 7) is 6.98. The molecule has 0 amide bonds. The van der Waals surface area contributed by atoms with Gasteiger partial charge < -0.3 is 20.6 Å². The largest absolute Gasteiger partial charge is 0.393 e. The number of rotatable bonds is 4. The number of anilines is 1. The van der Waals surface area contributed by atoms with Gasteiger partial charge in [-0.25, -0.2) is 0 Å². The Balaban J connectivity index is 0.995. The zero-order valence-corrected chi connectivity index (χ0v) is 29.7. The summed E-state index contributed by atoms with van der Waals surface area (Å²) in [5, 5.41) is 39.7. The first-order valence-electron chi connectivity index (χ1n) is 20.2. The predicted molar refractivity (Wildman–Crippen MR) is 188 cm³/mol. The van der Waals surface area contributed by atoms with Crippen molar-refractivity contribution in [2.24, 2.45) is 63.6 Å². The molecule has 2 bridgehead atoms. The Kier molecular flexibility index (Phi) is 7.57. The van der Waals surface area contributed by atoms with E-state index in [2.05, 4.69) is 48.3 Å². The Hall–Kier alpha value is -1.14. The molecule has 6 aliphatic carbocycles. The second kappa shape index (κ2) is 11.2. The Bertz CT molecular complexity index is 1350. The van der Waals surface area contributed by atoms with Gasteiger partial charge in [0.1, 0.15) is 0 Å². The fourth-order valence-corrected chi connectivity index (χ4v) is 15.9. The quantitative estimate of drug-likeness (QED) is 0.277. The monoisotopic (exact) mass is 644 g/mol. The number of fused-ring (bicyclic) bond motifs is 4. The van der Waals surface area contributed by atoms with E-state index >= 15 is 0 Å². The molecule has 2 heterocycles. The fourth-order valence-electron chi connectivity index (χ4n) is 15.9. The lowest BCUT2D eigenvalue weighted by Gasteiger charge is -2.68. The second-order valence-corrected chi connectivity index (χ2v) is 19.4. The van der Waals surface area contributed by atoms with Crippen LogP contribution in [0.15, 0.2) is 24.3 Å². The normalized spacial score (nSPS) is 53.4. The maximum atomic E-state index is 12.3. The summed E-state index contributed by atoms with van der Waals surface area (Å²) in [6.07, 6.45) is 18.5. The van der Waals surface area contributed by atoms with Gasteiger partial charge in [0.15, 0.2) is 0 Å². The lowest BCUT2D eigenvalue weighted by atomic mass is 9.38. The van der Waals surface area contributed by atoms with Gasteiger partial charge in [0.05, 0.1) is 17.8 Å². The minimum Gasteiger partial charge on any atom is -0.393 e. The van der Waals surface area contributed by atoms with Crippen molar-refractivity contribution in [3.8, 4) is 0 Å². The van der Waals surface area contributed by atoms with Gasteiger partial charge in [0.2, 0.25) is 0 Å². The van der Waals surface area contributed by atoms with Crippen LogP contribution in [-0.2, 0) is 6.42 Å². The lowest BCUT2D eigenvalue weighted by Crippen LogP contribution is -2.67. The third kappa shape index (κ3) is 4.60. The zero-order chi connectivity index (χ0) is 32.3. The molecule has 47 heavy (non-hydrogen) atoms. The molecule has 0 radical (unpaired) electrons. The molecule has 4 N–H and O–H groups in total. The predicted octanol–water partition coefficient (Wildman–Crippen LogP) is 7.28. The Morgan fingerprint density at radius 2 is 1.72 bits per heavy atom. The molecular formula is C42H64N2O3. The van der Waals surface area contributed by atoms with E-state index < -0.39 is 5.60 Å². The first kappa shape index (κ1) is 31.8. The summed E-state index contributed by atoms with van der Waals surface area (Å²) in [6, 6.07) is 9.23. The van der Waals surface area contributed by atoms with E-state index in [0.29, 0.717) is 41.5 Å². The van der Waals surface area contributed by atoms with E-state index in [0.717, 1.165) is 44.6 Å². The smallest absolute Gasteiger partial charge is 0.0805 e. The van der Waals surface area contributed by atoms with Crippen LogP contribution in [0.1, 0.15) is 116 Å². The molecule has 8 aliphatic rings. The van der Waals surface area contributed by atoms with Crippen LogP contribution in [0.4, 0.5) is 5.69 Å². The third-order valence-corrected chi connectivity index (χ3v) is 17.5. The first-order chi connectivity index (χ1) is 22.6. The Morgan fingerprint density at radius 1 is 0.894 bits per heavy atom. The van der Waals surface area contributed by atoms with E-state index in [1.807, 2.05) is 7.05 Å². The third-order valence-electron chi connectivity index (χ3n) is 17.5. The number of nitrogens with zero attached hydrogens (tertiary/aromatic N) is 1. The summed E-state index contributed by atoms with van der Waals surface area (Å²) < 4.78 is 0.